The molecule has 0 spiro atoms. The molecule has 1 aromatic carbocycles. The van der Waals surface area contributed by atoms with E-state index >= 15 is 0 Å². The number of rotatable bonds is 6. The first-order valence-electron chi connectivity index (χ1n) is 6.11. The van der Waals surface area contributed by atoms with Gasteiger partial charge in [-0.3, -0.25) is 0 Å². The van der Waals surface area contributed by atoms with Gasteiger partial charge in [0, 0.05) is 17.8 Å². The molecule has 0 saturated heterocycles. The summed E-state index contributed by atoms with van der Waals surface area (Å²) in [5, 5.41) is 3.07. The lowest BCUT2D eigenvalue weighted by Crippen LogP contribution is -2.18. The first-order chi connectivity index (χ1) is 8.86. The van der Waals surface area contributed by atoms with Crippen LogP contribution in [-0.2, 0) is 6.18 Å². The van der Waals surface area contributed by atoms with E-state index in [1.54, 1.807) is 0 Å². The van der Waals surface area contributed by atoms with Crippen LogP contribution in [0.25, 0.3) is 0 Å². The molecule has 19 heavy (non-hydrogen) atoms. The maximum absolute atomic E-state index is 12.8. The van der Waals surface area contributed by atoms with Crippen LogP contribution in [-0.4, -0.2) is 11.5 Å². The maximum Gasteiger partial charge on any atom is 0.417 e. The highest BCUT2D eigenvalue weighted by Gasteiger charge is 2.33. The summed E-state index contributed by atoms with van der Waals surface area (Å²) in [5.74, 6) is 0. The van der Waals surface area contributed by atoms with Crippen LogP contribution in [0.1, 0.15) is 37.3 Å². The minimum Gasteiger partial charge on any atom is -0.389 e. The molecule has 0 bridgehead atoms. The number of nitrogens with one attached hydrogen (secondary N) is 1. The van der Waals surface area contributed by atoms with Gasteiger partial charge in [-0.2, -0.15) is 13.2 Å². The molecule has 0 atom stereocenters. The number of anilines is 1. The second-order valence-corrected chi connectivity index (χ2v) is 4.70. The third-order valence-electron chi connectivity index (χ3n) is 2.70. The van der Waals surface area contributed by atoms with Crippen molar-refractivity contribution in [3.8, 4) is 0 Å². The monoisotopic (exact) mass is 290 g/mol. The van der Waals surface area contributed by atoms with Gasteiger partial charge in [0.25, 0.3) is 0 Å². The van der Waals surface area contributed by atoms with Crippen molar-refractivity contribution in [2.45, 2.75) is 32.4 Å². The standard InChI is InChI=1S/C13H17F3N2S/c1-2-3-4-7-18-9-5-6-11(13(14,15)16)10(8-9)12(17)19/h5-6,8,18H,2-4,7H2,1H3,(H2,17,19). The zero-order valence-corrected chi connectivity index (χ0v) is 11.5. The van der Waals surface area contributed by atoms with Gasteiger partial charge in [-0.1, -0.05) is 32.0 Å². The number of nitrogens with two attached hydrogens (primary N) is 1. The Morgan fingerprint density at radius 1 is 1.32 bits per heavy atom. The van der Waals surface area contributed by atoms with E-state index in [1.807, 2.05) is 0 Å². The third kappa shape index (κ3) is 4.70. The number of halogens is 3. The lowest BCUT2D eigenvalue weighted by atomic mass is 10.1. The Kier molecular flexibility index (Phi) is 5.60. The van der Waals surface area contributed by atoms with Crippen molar-refractivity contribution in [2.24, 2.45) is 5.73 Å². The molecule has 0 aliphatic heterocycles. The van der Waals surface area contributed by atoms with Crippen molar-refractivity contribution in [3.63, 3.8) is 0 Å². The van der Waals surface area contributed by atoms with Gasteiger partial charge in [-0.05, 0) is 24.6 Å². The summed E-state index contributed by atoms with van der Waals surface area (Å²) in [7, 11) is 0. The highest BCUT2D eigenvalue weighted by Crippen LogP contribution is 2.33. The minimum atomic E-state index is -4.44. The number of alkyl halides is 3. The zero-order chi connectivity index (χ0) is 14.5. The van der Waals surface area contributed by atoms with Crippen molar-refractivity contribution in [2.75, 3.05) is 11.9 Å². The van der Waals surface area contributed by atoms with E-state index in [0.29, 0.717) is 5.69 Å². The van der Waals surface area contributed by atoms with Crippen LogP contribution in [0.15, 0.2) is 18.2 Å². The summed E-state index contributed by atoms with van der Waals surface area (Å²) < 4.78 is 38.3. The van der Waals surface area contributed by atoms with Gasteiger partial charge in [-0.25, -0.2) is 0 Å². The number of hydrogen-bond donors (Lipinski definition) is 2. The largest absolute Gasteiger partial charge is 0.417 e. The molecule has 0 fully saturated rings. The fourth-order valence-electron chi connectivity index (χ4n) is 1.71. The van der Waals surface area contributed by atoms with E-state index in [9.17, 15) is 13.2 Å². The third-order valence-corrected chi connectivity index (χ3v) is 2.92. The van der Waals surface area contributed by atoms with Gasteiger partial charge < -0.3 is 11.1 Å². The van der Waals surface area contributed by atoms with Crippen molar-refractivity contribution in [3.05, 3.63) is 29.3 Å². The van der Waals surface area contributed by atoms with Crippen LogP contribution >= 0.6 is 12.2 Å². The van der Waals surface area contributed by atoms with Gasteiger partial charge in [-0.15, -0.1) is 0 Å². The van der Waals surface area contributed by atoms with Gasteiger partial charge in [0.1, 0.15) is 4.99 Å². The van der Waals surface area contributed by atoms with E-state index in [-0.39, 0.29) is 10.6 Å². The fourth-order valence-corrected chi connectivity index (χ4v) is 1.88. The molecule has 106 valence electrons. The van der Waals surface area contributed by atoms with Crippen LogP contribution in [0.2, 0.25) is 0 Å². The van der Waals surface area contributed by atoms with Crippen LogP contribution in [0.4, 0.5) is 18.9 Å². The summed E-state index contributed by atoms with van der Waals surface area (Å²) in [5.41, 5.74) is 5.04. The Balaban J connectivity index is 2.88. The Morgan fingerprint density at radius 2 is 2.00 bits per heavy atom. The van der Waals surface area contributed by atoms with Crippen molar-refractivity contribution >= 4 is 22.9 Å². The quantitative estimate of drug-likeness (QED) is 0.615. The first-order valence-corrected chi connectivity index (χ1v) is 6.52. The highest BCUT2D eigenvalue weighted by atomic mass is 32.1. The van der Waals surface area contributed by atoms with Crippen LogP contribution in [0.5, 0.6) is 0 Å². The van der Waals surface area contributed by atoms with E-state index in [2.05, 4.69) is 24.5 Å². The average Bonchev–Trinajstić information content (AvgIpc) is 2.33. The molecule has 1 aromatic rings. The number of hydrogen-bond acceptors (Lipinski definition) is 2. The number of thiocarbonyl (C=S) groups is 1. The predicted molar refractivity (Wildman–Crippen MR) is 75.3 cm³/mol. The highest BCUT2D eigenvalue weighted by molar-refractivity contribution is 7.80. The first kappa shape index (κ1) is 15.8. The zero-order valence-electron chi connectivity index (χ0n) is 10.7. The molecule has 0 aromatic heterocycles. The molecule has 0 saturated carbocycles. The number of benzene rings is 1. The molecular weight excluding hydrogens is 273 g/mol. The van der Waals surface area contributed by atoms with Gasteiger partial charge in [0.2, 0.25) is 0 Å². The fraction of sp³-hybridized carbons (Fsp3) is 0.462. The van der Waals surface area contributed by atoms with Gasteiger partial charge in [0.15, 0.2) is 0 Å². The smallest absolute Gasteiger partial charge is 0.389 e. The van der Waals surface area contributed by atoms with Gasteiger partial charge in [0.05, 0.1) is 5.56 Å². The molecule has 0 radical (unpaired) electrons. The molecule has 3 N–H and O–H groups in total. The van der Waals surface area contributed by atoms with Crippen LogP contribution in [0, 0.1) is 0 Å². The van der Waals surface area contributed by atoms with Crippen molar-refractivity contribution < 1.29 is 13.2 Å². The average molecular weight is 290 g/mol. The summed E-state index contributed by atoms with van der Waals surface area (Å²) >= 11 is 4.68. The Labute approximate surface area is 116 Å². The lowest BCUT2D eigenvalue weighted by molar-refractivity contribution is -0.137. The second-order valence-electron chi connectivity index (χ2n) is 4.26. The molecule has 0 amide bonds. The molecule has 0 unspecified atom stereocenters. The lowest BCUT2D eigenvalue weighted by Gasteiger charge is -2.14. The second kappa shape index (κ2) is 6.75. The molecule has 1 rings (SSSR count). The Morgan fingerprint density at radius 3 is 2.53 bits per heavy atom. The van der Waals surface area contributed by atoms with E-state index in [1.165, 1.54) is 12.1 Å². The van der Waals surface area contributed by atoms with Crippen molar-refractivity contribution in [1.82, 2.24) is 0 Å². The van der Waals surface area contributed by atoms with E-state index < -0.39 is 11.7 Å². The molecule has 6 heteroatoms. The molecule has 2 nitrogen and oxygen atoms in total. The maximum atomic E-state index is 12.8. The summed E-state index contributed by atoms with van der Waals surface area (Å²) in [4.78, 5) is -0.246. The van der Waals surface area contributed by atoms with Crippen LogP contribution < -0.4 is 11.1 Å². The molecule has 0 heterocycles. The molecule has 0 aliphatic carbocycles. The Hall–Kier alpha value is -1.30. The number of unbranched alkanes of at least 4 members (excludes halogenated alkanes) is 2. The normalized spacial score (nSPS) is 11.4. The molecular formula is C13H17F3N2S. The van der Waals surface area contributed by atoms with Crippen molar-refractivity contribution in [1.29, 1.82) is 0 Å². The van der Waals surface area contributed by atoms with Crippen LogP contribution in [0.3, 0.4) is 0 Å². The predicted octanol–water partition coefficient (Wildman–Crippen LogP) is 3.94. The molecule has 0 aliphatic rings. The minimum absolute atomic E-state index is 0.136. The van der Waals surface area contributed by atoms with E-state index in [0.717, 1.165) is 31.9 Å². The van der Waals surface area contributed by atoms with Gasteiger partial charge >= 0.3 is 6.18 Å². The SMILES string of the molecule is CCCCCNc1ccc(C(F)(F)F)c(C(N)=S)c1. The summed E-state index contributed by atoms with van der Waals surface area (Å²) in [6, 6.07) is 3.77. The topological polar surface area (TPSA) is 38.0 Å². The Bertz CT molecular complexity index is 444. The van der Waals surface area contributed by atoms with E-state index in [4.69, 9.17) is 5.73 Å². The summed E-state index contributed by atoms with van der Waals surface area (Å²) in [6.45, 7) is 2.80. The summed E-state index contributed by atoms with van der Waals surface area (Å²) in [6.07, 6.45) is -1.30.